The molecule has 0 fully saturated rings. The van der Waals surface area contributed by atoms with Crippen molar-refractivity contribution in [3.63, 3.8) is 0 Å². The van der Waals surface area contributed by atoms with E-state index in [0.717, 1.165) is 6.42 Å². The van der Waals surface area contributed by atoms with Crippen LogP contribution in [0.1, 0.15) is 26.7 Å². The maximum absolute atomic E-state index is 12.0. The number of benzene rings is 1. The van der Waals surface area contributed by atoms with Crippen molar-refractivity contribution in [3.05, 3.63) is 29.3 Å². The quantitative estimate of drug-likeness (QED) is 0.803. The molecule has 1 atom stereocenters. The standard InChI is InChI=1S/C16H25ClN2O2/c1-12(2)14(18)8-10-19(3)16(20)9-11-21-15-7-5-4-6-13(15)17/h4-7,12,14H,8-11,18H2,1-3H3. The Balaban J connectivity index is 2.28. The van der Waals surface area contributed by atoms with E-state index in [0.29, 0.717) is 36.3 Å². The van der Waals surface area contributed by atoms with E-state index in [1.165, 1.54) is 0 Å². The maximum atomic E-state index is 12.0. The van der Waals surface area contributed by atoms with Crippen molar-refractivity contribution < 1.29 is 9.53 Å². The SMILES string of the molecule is CC(C)C(N)CCN(C)C(=O)CCOc1ccccc1Cl. The van der Waals surface area contributed by atoms with Gasteiger partial charge in [0.1, 0.15) is 5.75 Å². The van der Waals surface area contributed by atoms with Crippen molar-refractivity contribution in [2.24, 2.45) is 11.7 Å². The fraction of sp³-hybridized carbons (Fsp3) is 0.562. The van der Waals surface area contributed by atoms with Gasteiger partial charge in [-0.25, -0.2) is 0 Å². The summed E-state index contributed by atoms with van der Waals surface area (Å²) in [6.45, 7) is 5.17. The monoisotopic (exact) mass is 312 g/mol. The molecule has 21 heavy (non-hydrogen) atoms. The van der Waals surface area contributed by atoms with Crippen LogP contribution in [0.15, 0.2) is 24.3 Å². The van der Waals surface area contributed by atoms with Crippen molar-refractivity contribution in [1.82, 2.24) is 4.90 Å². The topological polar surface area (TPSA) is 55.6 Å². The van der Waals surface area contributed by atoms with Gasteiger partial charge in [0.15, 0.2) is 0 Å². The first-order valence-corrected chi connectivity index (χ1v) is 7.66. The summed E-state index contributed by atoms with van der Waals surface area (Å²) in [5, 5.41) is 0.557. The predicted molar refractivity (Wildman–Crippen MR) is 86.6 cm³/mol. The molecule has 5 heteroatoms. The van der Waals surface area contributed by atoms with Gasteiger partial charge in [-0.1, -0.05) is 37.6 Å². The second kappa shape index (κ2) is 8.90. The first-order chi connectivity index (χ1) is 9.91. The highest BCUT2D eigenvalue weighted by molar-refractivity contribution is 6.32. The van der Waals surface area contributed by atoms with E-state index in [4.69, 9.17) is 22.1 Å². The van der Waals surface area contributed by atoms with Crippen molar-refractivity contribution in [2.75, 3.05) is 20.2 Å². The predicted octanol–water partition coefficient (Wildman–Crippen LogP) is 2.94. The van der Waals surface area contributed by atoms with Crippen LogP contribution >= 0.6 is 11.6 Å². The number of halogens is 1. The van der Waals surface area contributed by atoms with Gasteiger partial charge in [-0.15, -0.1) is 0 Å². The number of nitrogens with two attached hydrogens (primary N) is 1. The minimum atomic E-state index is 0.0537. The average molecular weight is 313 g/mol. The number of ether oxygens (including phenoxy) is 1. The molecule has 0 saturated heterocycles. The third-order valence-corrected chi connectivity index (χ3v) is 3.80. The fourth-order valence-electron chi connectivity index (χ4n) is 1.80. The van der Waals surface area contributed by atoms with Crippen LogP contribution in [0.4, 0.5) is 0 Å². The Morgan fingerprint density at radius 3 is 2.67 bits per heavy atom. The Labute approximate surface area is 132 Å². The van der Waals surface area contributed by atoms with Crippen LogP contribution < -0.4 is 10.5 Å². The van der Waals surface area contributed by atoms with E-state index in [2.05, 4.69) is 13.8 Å². The number of para-hydroxylation sites is 1. The van der Waals surface area contributed by atoms with Crippen LogP contribution in [0, 0.1) is 5.92 Å². The zero-order valence-electron chi connectivity index (χ0n) is 13.0. The van der Waals surface area contributed by atoms with E-state index >= 15 is 0 Å². The average Bonchev–Trinajstić information content (AvgIpc) is 2.46. The third-order valence-electron chi connectivity index (χ3n) is 3.49. The zero-order valence-corrected chi connectivity index (χ0v) is 13.8. The molecule has 0 aliphatic heterocycles. The van der Waals surface area contributed by atoms with Gasteiger partial charge in [0.2, 0.25) is 5.91 Å². The van der Waals surface area contributed by atoms with E-state index < -0.39 is 0 Å². The fourth-order valence-corrected chi connectivity index (χ4v) is 1.99. The number of amides is 1. The van der Waals surface area contributed by atoms with Crippen molar-refractivity contribution in [2.45, 2.75) is 32.7 Å². The summed E-state index contributed by atoms with van der Waals surface area (Å²) in [6, 6.07) is 7.37. The second-order valence-corrected chi connectivity index (χ2v) is 5.95. The van der Waals surface area contributed by atoms with E-state index in [1.807, 2.05) is 12.1 Å². The molecular formula is C16H25ClN2O2. The van der Waals surface area contributed by atoms with Crippen LogP contribution in [0.25, 0.3) is 0 Å². The Hall–Kier alpha value is -1.26. The molecule has 0 radical (unpaired) electrons. The molecule has 0 heterocycles. The molecule has 0 aliphatic rings. The lowest BCUT2D eigenvalue weighted by molar-refractivity contribution is -0.130. The lowest BCUT2D eigenvalue weighted by Gasteiger charge is -2.21. The Bertz CT molecular complexity index is 452. The lowest BCUT2D eigenvalue weighted by Crippen LogP contribution is -2.35. The summed E-state index contributed by atoms with van der Waals surface area (Å²) >= 11 is 5.98. The second-order valence-electron chi connectivity index (χ2n) is 5.54. The number of carbonyl (C=O) groups excluding carboxylic acids is 1. The van der Waals surface area contributed by atoms with Gasteiger partial charge in [-0.05, 0) is 24.5 Å². The van der Waals surface area contributed by atoms with E-state index in [-0.39, 0.29) is 11.9 Å². The molecule has 2 N–H and O–H groups in total. The summed E-state index contributed by atoms with van der Waals surface area (Å²) in [5.41, 5.74) is 5.98. The molecule has 4 nitrogen and oxygen atoms in total. The molecule has 0 aromatic heterocycles. The first-order valence-electron chi connectivity index (χ1n) is 7.28. The molecule has 1 rings (SSSR count). The summed E-state index contributed by atoms with van der Waals surface area (Å²) in [5.74, 6) is 1.09. The van der Waals surface area contributed by atoms with Gasteiger partial charge >= 0.3 is 0 Å². The molecule has 1 aromatic rings. The molecule has 0 aliphatic carbocycles. The van der Waals surface area contributed by atoms with Crippen molar-refractivity contribution in [1.29, 1.82) is 0 Å². The van der Waals surface area contributed by atoms with Crippen LogP contribution in [-0.2, 0) is 4.79 Å². The van der Waals surface area contributed by atoms with Crippen LogP contribution in [0.2, 0.25) is 5.02 Å². The normalized spacial score (nSPS) is 12.3. The minimum Gasteiger partial charge on any atom is -0.491 e. The minimum absolute atomic E-state index is 0.0537. The van der Waals surface area contributed by atoms with Crippen molar-refractivity contribution in [3.8, 4) is 5.75 Å². The summed E-state index contributed by atoms with van der Waals surface area (Å²) in [7, 11) is 1.80. The van der Waals surface area contributed by atoms with Crippen LogP contribution in [-0.4, -0.2) is 37.0 Å². The van der Waals surface area contributed by atoms with Crippen LogP contribution in [0.3, 0.4) is 0 Å². The van der Waals surface area contributed by atoms with E-state index in [9.17, 15) is 4.79 Å². The highest BCUT2D eigenvalue weighted by Crippen LogP contribution is 2.23. The third kappa shape index (κ3) is 6.36. The number of hydrogen-bond donors (Lipinski definition) is 1. The van der Waals surface area contributed by atoms with E-state index in [1.54, 1.807) is 24.1 Å². The summed E-state index contributed by atoms with van der Waals surface area (Å²) in [4.78, 5) is 13.7. The number of rotatable bonds is 8. The Morgan fingerprint density at radius 1 is 1.38 bits per heavy atom. The smallest absolute Gasteiger partial charge is 0.225 e. The maximum Gasteiger partial charge on any atom is 0.225 e. The molecule has 0 saturated carbocycles. The van der Waals surface area contributed by atoms with Gasteiger partial charge in [0.25, 0.3) is 0 Å². The van der Waals surface area contributed by atoms with Gasteiger partial charge in [-0.2, -0.15) is 0 Å². The number of nitrogens with zero attached hydrogens (tertiary/aromatic N) is 1. The molecule has 0 spiro atoms. The van der Waals surface area contributed by atoms with Crippen LogP contribution in [0.5, 0.6) is 5.75 Å². The highest BCUT2D eigenvalue weighted by Gasteiger charge is 2.13. The van der Waals surface area contributed by atoms with Gasteiger partial charge in [0.05, 0.1) is 18.1 Å². The Morgan fingerprint density at radius 2 is 2.05 bits per heavy atom. The molecule has 1 unspecified atom stereocenters. The lowest BCUT2D eigenvalue weighted by atomic mass is 10.0. The molecular weight excluding hydrogens is 288 g/mol. The molecule has 1 aromatic carbocycles. The highest BCUT2D eigenvalue weighted by atomic mass is 35.5. The summed E-state index contributed by atoms with van der Waals surface area (Å²) < 4.78 is 5.52. The van der Waals surface area contributed by atoms with Gasteiger partial charge < -0.3 is 15.4 Å². The molecule has 1 amide bonds. The Kier molecular flexibility index (Phi) is 7.54. The van der Waals surface area contributed by atoms with Crippen molar-refractivity contribution >= 4 is 17.5 Å². The number of hydrogen-bond acceptors (Lipinski definition) is 3. The zero-order chi connectivity index (χ0) is 15.8. The number of carbonyl (C=O) groups is 1. The largest absolute Gasteiger partial charge is 0.491 e. The van der Waals surface area contributed by atoms with Gasteiger partial charge in [0, 0.05) is 19.6 Å². The van der Waals surface area contributed by atoms with Gasteiger partial charge in [-0.3, -0.25) is 4.79 Å². The molecule has 118 valence electrons. The first kappa shape index (κ1) is 17.8. The molecule has 0 bridgehead atoms. The summed E-state index contributed by atoms with van der Waals surface area (Å²) in [6.07, 6.45) is 1.14.